The summed E-state index contributed by atoms with van der Waals surface area (Å²) < 4.78 is 30.5. The SMILES string of the molecule is CC(=O)Nc1ccc(S(=O)(=O)N(C)c2cc(-c3ccccc3)cn3c(Br)cnc23)cc1. The third kappa shape index (κ3) is 4.06. The first kappa shape index (κ1) is 21.1. The van der Waals surface area contributed by atoms with Crippen molar-refractivity contribution in [3.63, 3.8) is 0 Å². The highest BCUT2D eigenvalue weighted by atomic mass is 79.9. The lowest BCUT2D eigenvalue weighted by Gasteiger charge is -2.21. The largest absolute Gasteiger partial charge is 0.326 e. The second kappa shape index (κ2) is 8.16. The van der Waals surface area contributed by atoms with Gasteiger partial charge >= 0.3 is 0 Å². The molecule has 0 fully saturated rings. The van der Waals surface area contributed by atoms with Crippen molar-refractivity contribution in [2.24, 2.45) is 0 Å². The van der Waals surface area contributed by atoms with Crippen LogP contribution in [0.3, 0.4) is 0 Å². The van der Waals surface area contributed by atoms with Crippen molar-refractivity contribution in [1.29, 1.82) is 0 Å². The molecule has 0 spiro atoms. The van der Waals surface area contributed by atoms with E-state index in [1.54, 1.807) is 18.3 Å². The number of halogens is 1. The van der Waals surface area contributed by atoms with Gasteiger partial charge in [-0.2, -0.15) is 0 Å². The molecular formula is C22H19BrN4O3S. The van der Waals surface area contributed by atoms with Crippen LogP contribution in [0.2, 0.25) is 0 Å². The molecule has 1 N–H and O–H groups in total. The van der Waals surface area contributed by atoms with Gasteiger partial charge in [-0.3, -0.25) is 13.5 Å². The molecule has 0 saturated carbocycles. The fourth-order valence-electron chi connectivity index (χ4n) is 3.26. The predicted octanol–water partition coefficient (Wildman–Crippen LogP) is 4.55. The summed E-state index contributed by atoms with van der Waals surface area (Å²) >= 11 is 3.48. The van der Waals surface area contributed by atoms with Gasteiger partial charge in [0.2, 0.25) is 5.91 Å². The lowest BCUT2D eigenvalue weighted by molar-refractivity contribution is -0.114. The van der Waals surface area contributed by atoms with Gasteiger partial charge in [-0.25, -0.2) is 13.4 Å². The van der Waals surface area contributed by atoms with E-state index in [4.69, 9.17) is 0 Å². The van der Waals surface area contributed by atoms with Crippen LogP contribution in [0.5, 0.6) is 0 Å². The van der Waals surface area contributed by atoms with Gasteiger partial charge in [0.25, 0.3) is 10.0 Å². The van der Waals surface area contributed by atoms with Crippen LogP contribution in [0.25, 0.3) is 16.8 Å². The summed E-state index contributed by atoms with van der Waals surface area (Å²) in [6, 6.07) is 17.6. The van der Waals surface area contributed by atoms with Crippen LogP contribution in [0, 0.1) is 0 Å². The van der Waals surface area contributed by atoms with E-state index >= 15 is 0 Å². The Labute approximate surface area is 188 Å². The van der Waals surface area contributed by atoms with E-state index in [1.807, 2.05) is 47.0 Å². The average Bonchev–Trinajstić information content (AvgIpc) is 3.14. The standard InChI is InChI=1S/C22H19BrN4O3S/c1-15(28)25-18-8-10-19(11-9-18)31(29,30)26(2)20-12-17(16-6-4-3-5-7-16)14-27-21(23)13-24-22(20)27/h3-14H,1-2H3,(H,25,28). The van der Waals surface area contributed by atoms with Gasteiger partial charge in [0, 0.05) is 31.4 Å². The third-order valence-electron chi connectivity index (χ3n) is 4.82. The van der Waals surface area contributed by atoms with Gasteiger partial charge in [-0.15, -0.1) is 0 Å². The molecule has 2 aromatic heterocycles. The van der Waals surface area contributed by atoms with Crippen LogP contribution in [-0.2, 0) is 14.8 Å². The Morgan fingerprint density at radius 1 is 1.06 bits per heavy atom. The normalized spacial score (nSPS) is 11.5. The first-order chi connectivity index (χ1) is 14.8. The smallest absolute Gasteiger partial charge is 0.264 e. The lowest BCUT2D eigenvalue weighted by Crippen LogP contribution is -2.27. The minimum Gasteiger partial charge on any atom is -0.326 e. The van der Waals surface area contributed by atoms with Gasteiger partial charge in [0.05, 0.1) is 16.8 Å². The van der Waals surface area contributed by atoms with Crippen molar-refractivity contribution >= 4 is 48.9 Å². The molecule has 0 radical (unpaired) electrons. The zero-order valence-electron chi connectivity index (χ0n) is 16.8. The Bertz CT molecular complexity index is 1370. The number of benzene rings is 2. The first-order valence-electron chi connectivity index (χ1n) is 9.36. The van der Waals surface area contributed by atoms with Crippen molar-refractivity contribution < 1.29 is 13.2 Å². The molecule has 31 heavy (non-hydrogen) atoms. The molecule has 0 saturated heterocycles. The van der Waals surface area contributed by atoms with Crippen molar-refractivity contribution in [3.05, 3.63) is 77.7 Å². The zero-order chi connectivity index (χ0) is 22.2. The molecule has 0 aliphatic rings. The number of hydrogen-bond acceptors (Lipinski definition) is 4. The van der Waals surface area contributed by atoms with Crippen molar-refractivity contribution in [2.45, 2.75) is 11.8 Å². The van der Waals surface area contributed by atoms with Crippen molar-refractivity contribution in [2.75, 3.05) is 16.7 Å². The number of amides is 1. The number of hydrogen-bond donors (Lipinski definition) is 1. The lowest BCUT2D eigenvalue weighted by atomic mass is 10.1. The molecule has 158 valence electrons. The van der Waals surface area contributed by atoms with Crippen LogP contribution >= 0.6 is 15.9 Å². The van der Waals surface area contributed by atoms with E-state index < -0.39 is 10.0 Å². The number of nitrogens with zero attached hydrogens (tertiary/aromatic N) is 3. The predicted molar refractivity (Wildman–Crippen MR) is 125 cm³/mol. The van der Waals surface area contributed by atoms with Crippen molar-refractivity contribution in [1.82, 2.24) is 9.38 Å². The number of nitrogens with one attached hydrogen (secondary N) is 1. The Balaban J connectivity index is 1.81. The van der Waals surface area contributed by atoms with Crippen LogP contribution in [-0.4, -0.2) is 30.8 Å². The average molecular weight is 499 g/mol. The number of rotatable bonds is 5. The van der Waals surface area contributed by atoms with E-state index in [0.29, 0.717) is 21.6 Å². The minimum atomic E-state index is -3.87. The maximum absolute atomic E-state index is 13.4. The van der Waals surface area contributed by atoms with Gasteiger partial charge in [0.15, 0.2) is 5.65 Å². The van der Waals surface area contributed by atoms with E-state index in [9.17, 15) is 13.2 Å². The maximum atomic E-state index is 13.4. The van der Waals surface area contributed by atoms with Crippen LogP contribution in [0.15, 0.2) is 82.6 Å². The summed E-state index contributed by atoms with van der Waals surface area (Å²) in [6.07, 6.45) is 3.55. The minimum absolute atomic E-state index is 0.109. The molecule has 7 nitrogen and oxygen atoms in total. The number of aromatic nitrogens is 2. The Hall–Kier alpha value is -3.17. The first-order valence-corrected chi connectivity index (χ1v) is 11.6. The monoisotopic (exact) mass is 498 g/mol. The zero-order valence-corrected chi connectivity index (χ0v) is 19.2. The molecule has 0 bridgehead atoms. The molecule has 2 heterocycles. The third-order valence-corrected chi connectivity index (χ3v) is 7.19. The summed E-state index contributed by atoms with van der Waals surface area (Å²) in [5, 5.41) is 2.63. The quantitative estimate of drug-likeness (QED) is 0.437. The molecule has 2 aromatic carbocycles. The van der Waals surface area contributed by atoms with E-state index in [2.05, 4.69) is 26.2 Å². The summed E-state index contributed by atoms with van der Waals surface area (Å²) in [5.41, 5.74) is 3.28. The fraction of sp³-hybridized carbons (Fsp3) is 0.0909. The number of carbonyl (C=O) groups excluding carboxylic acids is 1. The highest BCUT2D eigenvalue weighted by Gasteiger charge is 2.25. The van der Waals surface area contributed by atoms with Gasteiger partial charge < -0.3 is 5.32 Å². The molecule has 9 heteroatoms. The molecule has 0 aliphatic heterocycles. The highest BCUT2D eigenvalue weighted by Crippen LogP contribution is 2.32. The molecule has 0 aliphatic carbocycles. The molecule has 1 amide bonds. The second-order valence-corrected chi connectivity index (χ2v) is 9.71. The highest BCUT2D eigenvalue weighted by molar-refractivity contribution is 9.10. The van der Waals surface area contributed by atoms with Crippen molar-refractivity contribution in [3.8, 4) is 11.1 Å². The van der Waals surface area contributed by atoms with Crippen LogP contribution in [0.4, 0.5) is 11.4 Å². The Morgan fingerprint density at radius 2 is 1.74 bits per heavy atom. The van der Waals surface area contributed by atoms with Crippen LogP contribution in [0.1, 0.15) is 6.92 Å². The number of imidazole rings is 1. The fourth-order valence-corrected chi connectivity index (χ4v) is 4.82. The van der Waals surface area contributed by atoms with E-state index in [-0.39, 0.29) is 10.8 Å². The van der Waals surface area contributed by atoms with E-state index in [0.717, 1.165) is 11.1 Å². The van der Waals surface area contributed by atoms with Crippen LogP contribution < -0.4 is 9.62 Å². The van der Waals surface area contributed by atoms with Gasteiger partial charge in [-0.1, -0.05) is 30.3 Å². The summed E-state index contributed by atoms with van der Waals surface area (Å²) in [6.45, 7) is 1.39. The number of carbonyl (C=O) groups is 1. The topological polar surface area (TPSA) is 83.8 Å². The molecular weight excluding hydrogens is 480 g/mol. The van der Waals surface area contributed by atoms with Gasteiger partial charge in [-0.05, 0) is 51.8 Å². The summed E-state index contributed by atoms with van der Waals surface area (Å²) in [7, 11) is -2.36. The number of fused-ring (bicyclic) bond motifs is 1. The second-order valence-electron chi connectivity index (χ2n) is 6.93. The maximum Gasteiger partial charge on any atom is 0.264 e. The number of sulfonamides is 1. The molecule has 4 rings (SSSR count). The van der Waals surface area contributed by atoms with E-state index in [1.165, 1.54) is 30.4 Å². The summed E-state index contributed by atoms with van der Waals surface area (Å²) in [4.78, 5) is 15.7. The number of pyridine rings is 1. The molecule has 0 unspecified atom stereocenters. The Kier molecular flexibility index (Phi) is 5.55. The molecule has 4 aromatic rings. The summed E-state index contributed by atoms with van der Waals surface area (Å²) in [5.74, 6) is -0.224. The van der Waals surface area contributed by atoms with Gasteiger partial charge in [0.1, 0.15) is 4.60 Å². The molecule has 0 atom stereocenters. The number of anilines is 2. The Morgan fingerprint density at radius 3 is 2.39 bits per heavy atom.